The number of likely N-dealkylation sites (N-methyl/N-ethyl adjacent to an activating group) is 2. The van der Waals surface area contributed by atoms with E-state index < -0.39 is 5.54 Å². The maximum absolute atomic E-state index is 13.4. The van der Waals surface area contributed by atoms with Crippen molar-refractivity contribution >= 4 is 17.9 Å². The van der Waals surface area contributed by atoms with Gasteiger partial charge in [0.05, 0.1) is 11.6 Å². The lowest BCUT2D eigenvalue weighted by Gasteiger charge is -2.47. The van der Waals surface area contributed by atoms with E-state index in [4.69, 9.17) is 0 Å². The van der Waals surface area contributed by atoms with E-state index in [1.165, 1.54) is 21.9 Å². The molecule has 0 N–H and O–H groups in total. The molecule has 0 bridgehead atoms. The highest BCUT2D eigenvalue weighted by Crippen LogP contribution is 2.34. The summed E-state index contributed by atoms with van der Waals surface area (Å²) in [6.07, 6.45) is 2.28. The molecule has 1 saturated heterocycles. The SMILES string of the molecule is CCC1(Cc2ccc(F)cc2)C(=O)N(C)/C(=C/c2ccccc2C#N)C(=O)N1C. The zero-order chi connectivity index (χ0) is 21.2. The molecule has 148 valence electrons. The molecule has 5 nitrogen and oxygen atoms in total. The standard InChI is InChI=1S/C23H22FN3O2/c1-4-23(14-16-9-11-19(24)12-10-16)22(29)26(2)20(21(28)27(23)3)13-17-7-5-6-8-18(17)15-25/h5-13H,4,14H2,1-3H3/b20-13+. The molecular formula is C23H22FN3O2. The summed E-state index contributed by atoms with van der Waals surface area (Å²) in [5.74, 6) is -0.867. The minimum atomic E-state index is -1.06. The van der Waals surface area contributed by atoms with Gasteiger partial charge in [0.15, 0.2) is 0 Å². The number of carbonyl (C=O) groups excluding carboxylic acids is 2. The van der Waals surface area contributed by atoms with Crippen LogP contribution in [-0.2, 0) is 16.0 Å². The molecule has 29 heavy (non-hydrogen) atoms. The molecule has 2 aromatic rings. The molecule has 0 spiro atoms. The second kappa shape index (κ2) is 7.88. The Kier molecular flexibility index (Phi) is 5.51. The van der Waals surface area contributed by atoms with E-state index in [1.54, 1.807) is 56.6 Å². The van der Waals surface area contributed by atoms with Crippen molar-refractivity contribution in [2.24, 2.45) is 0 Å². The van der Waals surface area contributed by atoms with Crippen molar-refractivity contribution in [1.29, 1.82) is 5.26 Å². The smallest absolute Gasteiger partial charge is 0.271 e. The Morgan fingerprint density at radius 2 is 1.76 bits per heavy atom. The van der Waals surface area contributed by atoms with Gasteiger partial charge < -0.3 is 9.80 Å². The first-order chi connectivity index (χ1) is 13.8. The van der Waals surface area contributed by atoms with Gasteiger partial charge >= 0.3 is 0 Å². The zero-order valence-electron chi connectivity index (χ0n) is 16.6. The Hall–Kier alpha value is -3.46. The summed E-state index contributed by atoms with van der Waals surface area (Å²) in [4.78, 5) is 29.5. The Balaban J connectivity index is 2.02. The van der Waals surface area contributed by atoms with Crippen molar-refractivity contribution in [3.8, 4) is 6.07 Å². The Labute approximate surface area is 169 Å². The van der Waals surface area contributed by atoms with E-state index >= 15 is 0 Å². The monoisotopic (exact) mass is 391 g/mol. The molecule has 1 aliphatic heterocycles. The van der Waals surface area contributed by atoms with Crippen LogP contribution in [0.1, 0.15) is 30.0 Å². The molecule has 3 rings (SSSR count). The fourth-order valence-electron chi connectivity index (χ4n) is 3.75. The molecular weight excluding hydrogens is 369 g/mol. The number of piperazine rings is 1. The van der Waals surface area contributed by atoms with Gasteiger partial charge in [-0.3, -0.25) is 9.59 Å². The van der Waals surface area contributed by atoms with Crippen LogP contribution in [0.4, 0.5) is 4.39 Å². The van der Waals surface area contributed by atoms with Gasteiger partial charge in [-0.15, -0.1) is 0 Å². The van der Waals surface area contributed by atoms with Crippen LogP contribution in [0, 0.1) is 17.1 Å². The lowest BCUT2D eigenvalue weighted by atomic mass is 9.82. The fourth-order valence-corrected chi connectivity index (χ4v) is 3.75. The zero-order valence-corrected chi connectivity index (χ0v) is 16.6. The summed E-state index contributed by atoms with van der Waals surface area (Å²) in [7, 11) is 3.19. The van der Waals surface area contributed by atoms with Crippen LogP contribution in [0.3, 0.4) is 0 Å². The second-order valence-corrected chi connectivity index (χ2v) is 7.15. The predicted molar refractivity (Wildman–Crippen MR) is 108 cm³/mol. The van der Waals surface area contributed by atoms with E-state index in [1.807, 2.05) is 6.92 Å². The van der Waals surface area contributed by atoms with E-state index in [0.717, 1.165) is 5.56 Å². The quantitative estimate of drug-likeness (QED) is 0.751. The molecule has 1 aliphatic rings. The number of hydrogen-bond donors (Lipinski definition) is 0. The summed E-state index contributed by atoms with van der Waals surface area (Å²) in [6, 6.07) is 15.0. The van der Waals surface area contributed by atoms with Gasteiger partial charge in [-0.2, -0.15) is 5.26 Å². The van der Waals surface area contributed by atoms with Gasteiger partial charge in [-0.1, -0.05) is 37.3 Å². The molecule has 1 heterocycles. The minimum absolute atomic E-state index is 0.211. The number of amides is 2. The summed E-state index contributed by atoms with van der Waals surface area (Å²) in [5, 5.41) is 9.31. The van der Waals surface area contributed by atoms with E-state index in [0.29, 0.717) is 17.5 Å². The van der Waals surface area contributed by atoms with Crippen LogP contribution in [0.2, 0.25) is 0 Å². The van der Waals surface area contributed by atoms with Gasteiger partial charge in [0.1, 0.15) is 17.1 Å². The van der Waals surface area contributed by atoms with Gasteiger partial charge in [-0.25, -0.2) is 4.39 Å². The first-order valence-electron chi connectivity index (χ1n) is 9.35. The van der Waals surface area contributed by atoms with Crippen molar-refractivity contribution in [1.82, 2.24) is 9.80 Å². The Morgan fingerprint density at radius 3 is 2.38 bits per heavy atom. The lowest BCUT2D eigenvalue weighted by Crippen LogP contribution is -2.65. The van der Waals surface area contributed by atoms with Crippen LogP contribution in [0.25, 0.3) is 6.08 Å². The fraction of sp³-hybridized carbons (Fsp3) is 0.261. The third-order valence-electron chi connectivity index (χ3n) is 5.60. The van der Waals surface area contributed by atoms with Crippen molar-refractivity contribution in [3.63, 3.8) is 0 Å². The number of benzene rings is 2. The molecule has 1 fully saturated rings. The van der Waals surface area contributed by atoms with Crippen LogP contribution >= 0.6 is 0 Å². The average Bonchev–Trinajstić information content (AvgIpc) is 2.74. The van der Waals surface area contributed by atoms with Gasteiger partial charge in [0, 0.05) is 20.5 Å². The van der Waals surface area contributed by atoms with E-state index in [9.17, 15) is 19.2 Å². The summed E-state index contributed by atoms with van der Waals surface area (Å²) in [6.45, 7) is 1.86. The molecule has 0 radical (unpaired) electrons. The van der Waals surface area contributed by atoms with Crippen molar-refractivity contribution < 1.29 is 14.0 Å². The van der Waals surface area contributed by atoms with Gasteiger partial charge in [0.25, 0.3) is 11.8 Å². The maximum atomic E-state index is 13.4. The summed E-state index contributed by atoms with van der Waals surface area (Å²) < 4.78 is 13.3. The highest BCUT2D eigenvalue weighted by atomic mass is 19.1. The average molecular weight is 391 g/mol. The van der Waals surface area contributed by atoms with Crippen LogP contribution in [0.15, 0.2) is 54.2 Å². The Morgan fingerprint density at radius 1 is 1.10 bits per heavy atom. The van der Waals surface area contributed by atoms with Crippen molar-refractivity contribution in [2.75, 3.05) is 14.1 Å². The topological polar surface area (TPSA) is 64.4 Å². The number of rotatable bonds is 4. The molecule has 1 atom stereocenters. The number of halogens is 1. The summed E-state index contributed by atoms with van der Waals surface area (Å²) in [5.41, 5.74) is 0.930. The third kappa shape index (κ3) is 3.52. The molecule has 0 saturated carbocycles. The first-order valence-corrected chi connectivity index (χ1v) is 9.35. The highest BCUT2D eigenvalue weighted by Gasteiger charge is 2.50. The van der Waals surface area contributed by atoms with Crippen molar-refractivity contribution in [3.05, 3.63) is 76.7 Å². The normalized spacial score (nSPS) is 20.9. The number of carbonyl (C=O) groups is 2. The number of nitrogens with zero attached hydrogens (tertiary/aromatic N) is 3. The molecule has 2 aromatic carbocycles. The van der Waals surface area contributed by atoms with E-state index in [-0.39, 0.29) is 29.7 Å². The largest absolute Gasteiger partial charge is 0.325 e. The van der Waals surface area contributed by atoms with E-state index in [2.05, 4.69) is 6.07 Å². The predicted octanol–water partition coefficient (Wildman–Crippen LogP) is 3.36. The van der Waals surface area contributed by atoms with Crippen LogP contribution in [0.5, 0.6) is 0 Å². The summed E-state index contributed by atoms with van der Waals surface area (Å²) >= 11 is 0. The van der Waals surface area contributed by atoms with Crippen LogP contribution < -0.4 is 0 Å². The minimum Gasteiger partial charge on any atom is -0.325 e. The molecule has 0 aromatic heterocycles. The second-order valence-electron chi connectivity index (χ2n) is 7.15. The lowest BCUT2D eigenvalue weighted by molar-refractivity contribution is -0.157. The van der Waals surface area contributed by atoms with Crippen molar-refractivity contribution in [2.45, 2.75) is 25.3 Å². The van der Waals surface area contributed by atoms with Gasteiger partial charge in [-0.05, 0) is 41.8 Å². The molecule has 2 amide bonds. The van der Waals surface area contributed by atoms with Gasteiger partial charge in [0.2, 0.25) is 0 Å². The molecule has 6 heteroatoms. The highest BCUT2D eigenvalue weighted by molar-refractivity contribution is 6.09. The Bertz CT molecular complexity index is 1020. The number of nitriles is 1. The van der Waals surface area contributed by atoms with Crippen LogP contribution in [-0.4, -0.2) is 41.2 Å². The number of hydrogen-bond acceptors (Lipinski definition) is 3. The first kappa shape index (κ1) is 20.3. The maximum Gasteiger partial charge on any atom is 0.271 e. The molecule has 0 aliphatic carbocycles. The molecule has 1 unspecified atom stereocenters. The third-order valence-corrected chi connectivity index (χ3v) is 5.60.